The van der Waals surface area contributed by atoms with E-state index in [2.05, 4.69) is 58.5 Å². The van der Waals surface area contributed by atoms with Gasteiger partial charge < -0.3 is 5.32 Å². The number of pyridine rings is 1. The molecule has 0 saturated carbocycles. The van der Waals surface area contributed by atoms with Gasteiger partial charge >= 0.3 is 0 Å². The zero-order valence-corrected chi connectivity index (χ0v) is 12.6. The van der Waals surface area contributed by atoms with Crippen LogP contribution in [0.4, 0.5) is 0 Å². The molecule has 3 nitrogen and oxygen atoms in total. The second-order valence-corrected chi connectivity index (χ2v) is 5.89. The standard InChI is InChI=1S/C18H23N3/c1-15-11-19-9-7-17(15)12-20-18-8-10-21(14-18)13-16-5-3-2-4-6-16/h2-7,9,11,18,20H,8,10,12-14H2,1H3. The van der Waals surface area contributed by atoms with Crippen molar-refractivity contribution in [2.75, 3.05) is 13.1 Å². The Morgan fingerprint density at radius 2 is 2.10 bits per heavy atom. The molecule has 2 aromatic rings. The third kappa shape index (κ3) is 3.90. The number of aromatic nitrogens is 1. The molecule has 1 N–H and O–H groups in total. The van der Waals surface area contributed by atoms with E-state index in [0.29, 0.717) is 6.04 Å². The topological polar surface area (TPSA) is 28.2 Å². The van der Waals surface area contributed by atoms with Crippen LogP contribution in [-0.2, 0) is 13.1 Å². The van der Waals surface area contributed by atoms with Crippen molar-refractivity contribution in [1.29, 1.82) is 0 Å². The highest BCUT2D eigenvalue weighted by Gasteiger charge is 2.21. The molecule has 1 aliphatic rings. The number of hydrogen-bond acceptors (Lipinski definition) is 3. The average molecular weight is 281 g/mol. The third-order valence-electron chi connectivity index (χ3n) is 4.24. The lowest BCUT2D eigenvalue weighted by Gasteiger charge is -2.17. The Hall–Kier alpha value is -1.71. The summed E-state index contributed by atoms with van der Waals surface area (Å²) in [5, 5.41) is 3.69. The molecule has 0 spiro atoms. The normalized spacial score (nSPS) is 19.0. The Morgan fingerprint density at radius 3 is 2.90 bits per heavy atom. The van der Waals surface area contributed by atoms with Gasteiger partial charge in [0.05, 0.1) is 0 Å². The van der Waals surface area contributed by atoms with Gasteiger partial charge in [-0.3, -0.25) is 9.88 Å². The lowest BCUT2D eigenvalue weighted by Crippen LogP contribution is -2.32. The van der Waals surface area contributed by atoms with Crippen molar-refractivity contribution in [3.8, 4) is 0 Å². The molecule has 21 heavy (non-hydrogen) atoms. The molecule has 1 atom stereocenters. The maximum atomic E-state index is 4.15. The predicted octanol–water partition coefficient (Wildman–Crippen LogP) is 2.75. The van der Waals surface area contributed by atoms with Crippen molar-refractivity contribution in [1.82, 2.24) is 15.2 Å². The average Bonchev–Trinajstić information content (AvgIpc) is 2.95. The molecule has 1 aromatic carbocycles. The van der Waals surface area contributed by atoms with Crippen molar-refractivity contribution in [2.45, 2.75) is 32.5 Å². The van der Waals surface area contributed by atoms with Crippen molar-refractivity contribution in [3.05, 3.63) is 65.5 Å². The van der Waals surface area contributed by atoms with Crippen LogP contribution in [0.15, 0.2) is 48.8 Å². The number of nitrogens with one attached hydrogen (secondary N) is 1. The Kier molecular flexibility index (Phi) is 4.63. The highest BCUT2D eigenvalue weighted by molar-refractivity contribution is 5.21. The van der Waals surface area contributed by atoms with Crippen LogP contribution in [0.1, 0.15) is 23.1 Å². The monoisotopic (exact) mass is 281 g/mol. The molecule has 3 heteroatoms. The van der Waals surface area contributed by atoms with Crippen LogP contribution in [0.3, 0.4) is 0 Å². The Morgan fingerprint density at radius 1 is 1.24 bits per heavy atom. The van der Waals surface area contributed by atoms with Gasteiger partial charge in [-0.15, -0.1) is 0 Å². The molecular formula is C18H23N3. The molecule has 1 fully saturated rings. The molecule has 0 aliphatic carbocycles. The fourth-order valence-electron chi connectivity index (χ4n) is 2.94. The van der Waals surface area contributed by atoms with Crippen LogP contribution in [0.25, 0.3) is 0 Å². The lowest BCUT2D eigenvalue weighted by atomic mass is 10.1. The minimum Gasteiger partial charge on any atom is -0.309 e. The fraction of sp³-hybridized carbons (Fsp3) is 0.389. The summed E-state index contributed by atoms with van der Waals surface area (Å²) >= 11 is 0. The summed E-state index contributed by atoms with van der Waals surface area (Å²) in [5.74, 6) is 0. The summed E-state index contributed by atoms with van der Waals surface area (Å²) in [4.78, 5) is 6.68. The number of aryl methyl sites for hydroxylation is 1. The number of rotatable bonds is 5. The van der Waals surface area contributed by atoms with Crippen molar-refractivity contribution in [3.63, 3.8) is 0 Å². The quantitative estimate of drug-likeness (QED) is 0.913. The SMILES string of the molecule is Cc1cnccc1CNC1CCN(Cc2ccccc2)C1. The van der Waals surface area contributed by atoms with Crippen LogP contribution in [0.5, 0.6) is 0 Å². The molecule has 2 heterocycles. The maximum Gasteiger partial charge on any atom is 0.0300 e. The van der Waals surface area contributed by atoms with Gasteiger partial charge in [0.25, 0.3) is 0 Å². The second kappa shape index (κ2) is 6.83. The molecule has 110 valence electrons. The summed E-state index contributed by atoms with van der Waals surface area (Å²) in [5.41, 5.74) is 4.03. The summed E-state index contributed by atoms with van der Waals surface area (Å²) < 4.78 is 0. The zero-order chi connectivity index (χ0) is 14.5. The first-order chi connectivity index (χ1) is 10.3. The van der Waals surface area contributed by atoms with E-state index in [4.69, 9.17) is 0 Å². The molecule has 1 aliphatic heterocycles. The number of benzene rings is 1. The van der Waals surface area contributed by atoms with Gasteiger partial charge in [-0.2, -0.15) is 0 Å². The minimum absolute atomic E-state index is 0.598. The van der Waals surface area contributed by atoms with Gasteiger partial charge in [-0.05, 0) is 36.1 Å². The highest BCUT2D eigenvalue weighted by atomic mass is 15.2. The van der Waals surface area contributed by atoms with E-state index >= 15 is 0 Å². The van der Waals surface area contributed by atoms with Gasteiger partial charge in [0, 0.05) is 44.6 Å². The molecule has 1 aromatic heterocycles. The van der Waals surface area contributed by atoms with Crippen molar-refractivity contribution < 1.29 is 0 Å². The van der Waals surface area contributed by atoms with Crippen LogP contribution in [0.2, 0.25) is 0 Å². The second-order valence-electron chi connectivity index (χ2n) is 5.89. The smallest absolute Gasteiger partial charge is 0.0300 e. The van der Waals surface area contributed by atoms with Crippen molar-refractivity contribution in [2.24, 2.45) is 0 Å². The van der Waals surface area contributed by atoms with E-state index in [-0.39, 0.29) is 0 Å². The van der Waals surface area contributed by atoms with E-state index in [1.54, 1.807) is 0 Å². The largest absolute Gasteiger partial charge is 0.309 e. The Bertz CT molecular complexity index is 568. The summed E-state index contributed by atoms with van der Waals surface area (Å²) in [6.07, 6.45) is 5.05. The van der Waals surface area contributed by atoms with E-state index < -0.39 is 0 Å². The summed E-state index contributed by atoms with van der Waals surface area (Å²) in [6.45, 7) is 6.45. The Labute approximate surface area is 127 Å². The number of hydrogen-bond donors (Lipinski definition) is 1. The lowest BCUT2D eigenvalue weighted by molar-refractivity contribution is 0.320. The van der Waals surface area contributed by atoms with E-state index in [1.165, 1.54) is 29.7 Å². The van der Waals surface area contributed by atoms with Gasteiger partial charge in [0.2, 0.25) is 0 Å². The first-order valence-corrected chi connectivity index (χ1v) is 7.70. The van der Waals surface area contributed by atoms with E-state index in [9.17, 15) is 0 Å². The maximum absolute atomic E-state index is 4.15. The van der Waals surface area contributed by atoms with Crippen LogP contribution in [-0.4, -0.2) is 29.0 Å². The number of nitrogens with zero attached hydrogens (tertiary/aromatic N) is 2. The predicted molar refractivity (Wildman–Crippen MR) is 85.9 cm³/mol. The molecular weight excluding hydrogens is 258 g/mol. The van der Waals surface area contributed by atoms with Gasteiger partial charge in [0.15, 0.2) is 0 Å². The molecule has 1 unspecified atom stereocenters. The fourth-order valence-corrected chi connectivity index (χ4v) is 2.94. The summed E-state index contributed by atoms with van der Waals surface area (Å²) in [6, 6.07) is 13.4. The molecule has 0 bridgehead atoms. The molecule has 1 saturated heterocycles. The zero-order valence-electron chi connectivity index (χ0n) is 12.6. The van der Waals surface area contributed by atoms with Gasteiger partial charge in [0.1, 0.15) is 0 Å². The molecule has 3 rings (SSSR count). The van der Waals surface area contributed by atoms with E-state index in [0.717, 1.165) is 19.6 Å². The first-order valence-electron chi connectivity index (χ1n) is 7.70. The Balaban J connectivity index is 1.48. The summed E-state index contributed by atoms with van der Waals surface area (Å²) in [7, 11) is 0. The van der Waals surface area contributed by atoms with Crippen LogP contribution in [0, 0.1) is 6.92 Å². The molecule has 0 amide bonds. The first kappa shape index (κ1) is 14.2. The van der Waals surface area contributed by atoms with Crippen molar-refractivity contribution >= 4 is 0 Å². The third-order valence-corrected chi connectivity index (χ3v) is 4.24. The highest BCUT2D eigenvalue weighted by Crippen LogP contribution is 2.14. The minimum atomic E-state index is 0.598. The van der Waals surface area contributed by atoms with Gasteiger partial charge in [-0.1, -0.05) is 30.3 Å². The molecule has 0 radical (unpaired) electrons. The van der Waals surface area contributed by atoms with Crippen LogP contribution >= 0.6 is 0 Å². The van der Waals surface area contributed by atoms with Crippen LogP contribution < -0.4 is 5.32 Å². The van der Waals surface area contributed by atoms with Gasteiger partial charge in [-0.25, -0.2) is 0 Å². The number of likely N-dealkylation sites (tertiary alicyclic amines) is 1. The van der Waals surface area contributed by atoms with E-state index in [1.807, 2.05) is 12.4 Å².